The van der Waals surface area contributed by atoms with E-state index in [9.17, 15) is 4.79 Å². The van der Waals surface area contributed by atoms with Gasteiger partial charge < -0.3 is 4.90 Å². The highest BCUT2D eigenvalue weighted by molar-refractivity contribution is 7.12. The Morgan fingerprint density at radius 3 is 3.09 bits per heavy atom. The molecule has 0 N–H and O–H groups in total. The summed E-state index contributed by atoms with van der Waals surface area (Å²) in [5.74, 6) is 0.103. The summed E-state index contributed by atoms with van der Waals surface area (Å²) in [7, 11) is 0. The number of nitrogens with zero attached hydrogens (tertiary/aromatic N) is 6. The Balaban J connectivity index is 1.54. The normalized spacial score (nSPS) is 22.5. The molecule has 2 aliphatic rings. The van der Waals surface area contributed by atoms with Crippen LogP contribution >= 0.6 is 11.3 Å². The molecular formula is C14H18N6OS. The Hall–Kier alpha value is -1.80. The summed E-state index contributed by atoms with van der Waals surface area (Å²) >= 11 is 1.46. The minimum Gasteiger partial charge on any atom is -0.335 e. The Morgan fingerprint density at radius 2 is 2.23 bits per heavy atom. The molecule has 1 unspecified atom stereocenters. The summed E-state index contributed by atoms with van der Waals surface area (Å²) in [5.41, 5.74) is 0.770. The molecule has 2 saturated heterocycles. The maximum absolute atomic E-state index is 12.9. The van der Waals surface area contributed by atoms with E-state index in [2.05, 4.69) is 20.4 Å². The molecule has 1 atom stereocenters. The fraction of sp³-hybridized carbons (Fsp3) is 0.571. The Bertz CT molecular complexity index is 654. The Labute approximate surface area is 132 Å². The van der Waals surface area contributed by atoms with Crippen LogP contribution in [0.2, 0.25) is 0 Å². The topological polar surface area (TPSA) is 67.2 Å². The SMILES string of the molecule is O=C(c1sccc1-n1cnnn1)N1CCN2CCCCC2C1. The van der Waals surface area contributed by atoms with E-state index >= 15 is 0 Å². The summed E-state index contributed by atoms with van der Waals surface area (Å²) < 4.78 is 1.56. The summed E-state index contributed by atoms with van der Waals surface area (Å²) in [6, 6.07) is 2.42. The van der Waals surface area contributed by atoms with Crippen LogP contribution in [0.25, 0.3) is 5.69 Å². The Morgan fingerprint density at radius 1 is 1.27 bits per heavy atom. The first kappa shape index (κ1) is 13.8. The van der Waals surface area contributed by atoms with E-state index in [-0.39, 0.29) is 5.91 Å². The van der Waals surface area contributed by atoms with E-state index in [1.165, 1.54) is 43.5 Å². The number of amides is 1. The van der Waals surface area contributed by atoms with Crippen LogP contribution in [0.1, 0.15) is 28.9 Å². The van der Waals surface area contributed by atoms with Crippen LogP contribution in [0.4, 0.5) is 0 Å². The maximum Gasteiger partial charge on any atom is 0.266 e. The molecule has 4 heterocycles. The predicted molar refractivity (Wildman–Crippen MR) is 82.1 cm³/mol. The largest absolute Gasteiger partial charge is 0.335 e. The number of rotatable bonds is 2. The Kier molecular flexibility index (Phi) is 3.63. The van der Waals surface area contributed by atoms with E-state index in [1.54, 1.807) is 4.68 Å². The third-order valence-corrected chi connectivity index (χ3v) is 5.45. The number of tetrazole rings is 1. The molecule has 0 bridgehead atoms. The number of carbonyl (C=O) groups excluding carboxylic acids is 1. The average Bonchev–Trinajstić information content (AvgIpc) is 3.24. The standard InChI is InChI=1S/C14H18N6OS/c21-14(13-12(4-8-22-13)20-10-15-16-17-20)19-7-6-18-5-2-1-3-11(18)9-19/h4,8,10-11H,1-3,5-7,9H2. The summed E-state index contributed by atoms with van der Waals surface area (Å²) in [5, 5.41) is 13.1. The van der Waals surface area contributed by atoms with E-state index < -0.39 is 0 Å². The molecular weight excluding hydrogens is 300 g/mol. The molecule has 7 nitrogen and oxygen atoms in total. The quantitative estimate of drug-likeness (QED) is 0.827. The van der Waals surface area contributed by atoms with Gasteiger partial charge in [-0.15, -0.1) is 16.4 Å². The van der Waals surface area contributed by atoms with Crippen molar-refractivity contribution in [1.82, 2.24) is 30.0 Å². The third-order valence-electron chi connectivity index (χ3n) is 4.56. The lowest BCUT2D eigenvalue weighted by molar-refractivity contribution is 0.0376. The van der Waals surface area contributed by atoms with Crippen molar-refractivity contribution in [3.63, 3.8) is 0 Å². The molecule has 0 aromatic carbocycles. The zero-order chi connectivity index (χ0) is 14.9. The smallest absolute Gasteiger partial charge is 0.266 e. The van der Waals surface area contributed by atoms with Gasteiger partial charge in [0, 0.05) is 25.7 Å². The van der Waals surface area contributed by atoms with Crippen molar-refractivity contribution in [2.45, 2.75) is 25.3 Å². The lowest BCUT2D eigenvalue weighted by Crippen LogP contribution is -2.56. The molecule has 2 aromatic rings. The predicted octanol–water partition coefficient (Wildman–Crippen LogP) is 1.03. The average molecular weight is 318 g/mol. The van der Waals surface area contributed by atoms with Crippen LogP contribution in [0.5, 0.6) is 0 Å². The van der Waals surface area contributed by atoms with Crippen LogP contribution in [0.3, 0.4) is 0 Å². The number of hydrogen-bond donors (Lipinski definition) is 0. The number of aromatic nitrogens is 4. The van der Waals surface area contributed by atoms with Crippen LogP contribution in [-0.2, 0) is 0 Å². The second kappa shape index (κ2) is 5.77. The van der Waals surface area contributed by atoms with Gasteiger partial charge >= 0.3 is 0 Å². The van der Waals surface area contributed by atoms with Gasteiger partial charge in [0.1, 0.15) is 11.2 Å². The van der Waals surface area contributed by atoms with Gasteiger partial charge in [-0.1, -0.05) is 6.42 Å². The van der Waals surface area contributed by atoms with Crippen molar-refractivity contribution < 1.29 is 4.79 Å². The molecule has 0 spiro atoms. The van der Waals surface area contributed by atoms with Crippen molar-refractivity contribution in [1.29, 1.82) is 0 Å². The van der Waals surface area contributed by atoms with Gasteiger partial charge in [0.15, 0.2) is 0 Å². The van der Waals surface area contributed by atoms with Gasteiger partial charge in [-0.2, -0.15) is 4.68 Å². The monoisotopic (exact) mass is 318 g/mol. The molecule has 8 heteroatoms. The third kappa shape index (κ3) is 2.42. The number of piperazine rings is 1. The molecule has 2 fully saturated rings. The van der Waals surface area contributed by atoms with Crippen LogP contribution < -0.4 is 0 Å². The van der Waals surface area contributed by atoms with Crippen molar-refractivity contribution >= 4 is 17.2 Å². The fourth-order valence-corrected chi connectivity index (χ4v) is 4.24. The number of hydrogen-bond acceptors (Lipinski definition) is 6. The van der Waals surface area contributed by atoms with Crippen LogP contribution in [0, 0.1) is 0 Å². The van der Waals surface area contributed by atoms with Crippen molar-refractivity contribution in [3.8, 4) is 5.69 Å². The number of piperidine rings is 1. The van der Waals surface area contributed by atoms with Crippen LogP contribution in [0.15, 0.2) is 17.8 Å². The first-order chi connectivity index (χ1) is 10.8. The molecule has 1 amide bonds. The first-order valence-electron chi connectivity index (χ1n) is 7.67. The van der Waals surface area contributed by atoms with E-state index in [1.807, 2.05) is 16.3 Å². The molecule has 0 aliphatic carbocycles. The van der Waals surface area contributed by atoms with Gasteiger partial charge in [-0.05, 0) is 41.3 Å². The van der Waals surface area contributed by atoms with Gasteiger partial charge in [0.05, 0.1) is 5.69 Å². The summed E-state index contributed by atoms with van der Waals surface area (Å²) in [6.45, 7) is 3.82. The minimum absolute atomic E-state index is 0.103. The zero-order valence-corrected chi connectivity index (χ0v) is 13.1. The second-order valence-electron chi connectivity index (χ2n) is 5.83. The lowest BCUT2D eigenvalue weighted by atomic mass is 9.99. The fourth-order valence-electron chi connectivity index (χ4n) is 3.40. The molecule has 2 aromatic heterocycles. The van der Waals surface area contributed by atoms with E-state index in [4.69, 9.17) is 0 Å². The lowest BCUT2D eigenvalue weighted by Gasteiger charge is -2.43. The van der Waals surface area contributed by atoms with Crippen molar-refractivity contribution in [2.24, 2.45) is 0 Å². The van der Waals surface area contributed by atoms with Crippen molar-refractivity contribution in [2.75, 3.05) is 26.2 Å². The molecule has 0 radical (unpaired) electrons. The summed E-state index contributed by atoms with van der Waals surface area (Å²) in [4.78, 5) is 18.1. The van der Waals surface area contributed by atoms with Crippen LogP contribution in [-0.4, -0.2) is 68.1 Å². The van der Waals surface area contributed by atoms with Gasteiger partial charge in [0.2, 0.25) is 0 Å². The summed E-state index contributed by atoms with van der Waals surface area (Å²) in [6.07, 6.45) is 5.29. The first-order valence-corrected chi connectivity index (χ1v) is 8.55. The van der Waals surface area contributed by atoms with Crippen molar-refractivity contribution in [3.05, 3.63) is 22.7 Å². The van der Waals surface area contributed by atoms with Gasteiger partial charge in [-0.3, -0.25) is 9.69 Å². The molecule has 22 heavy (non-hydrogen) atoms. The van der Waals surface area contributed by atoms with Gasteiger partial charge in [-0.25, -0.2) is 0 Å². The molecule has 116 valence electrons. The number of thiophene rings is 1. The molecule has 4 rings (SSSR count). The number of fused-ring (bicyclic) bond motifs is 1. The zero-order valence-electron chi connectivity index (χ0n) is 12.3. The molecule has 0 saturated carbocycles. The minimum atomic E-state index is 0.103. The van der Waals surface area contributed by atoms with Gasteiger partial charge in [0.25, 0.3) is 5.91 Å². The molecule has 2 aliphatic heterocycles. The highest BCUT2D eigenvalue weighted by atomic mass is 32.1. The van der Waals surface area contributed by atoms with E-state index in [0.29, 0.717) is 6.04 Å². The number of carbonyl (C=O) groups is 1. The highest BCUT2D eigenvalue weighted by Gasteiger charge is 2.32. The second-order valence-corrected chi connectivity index (χ2v) is 6.74. The van der Waals surface area contributed by atoms with E-state index in [0.717, 1.165) is 30.2 Å². The highest BCUT2D eigenvalue weighted by Crippen LogP contribution is 2.26. The maximum atomic E-state index is 12.9.